The molecule has 0 spiro atoms. The summed E-state index contributed by atoms with van der Waals surface area (Å²) in [7, 11) is 0. The zero-order valence-electron chi connectivity index (χ0n) is 10.2. The summed E-state index contributed by atoms with van der Waals surface area (Å²) in [6.07, 6.45) is 0. The van der Waals surface area contributed by atoms with E-state index in [1.54, 1.807) is 26.0 Å². The van der Waals surface area contributed by atoms with E-state index in [4.69, 9.17) is 4.52 Å². The van der Waals surface area contributed by atoms with Gasteiger partial charge in [0.1, 0.15) is 6.04 Å². The molecule has 1 aromatic carbocycles. The quantitative estimate of drug-likeness (QED) is 0.870. The summed E-state index contributed by atoms with van der Waals surface area (Å²) >= 11 is 0. The number of aromatic nitrogens is 2. The van der Waals surface area contributed by atoms with Crippen LogP contribution in [0.1, 0.15) is 24.7 Å². The second-order valence-corrected chi connectivity index (χ2v) is 3.87. The number of nitrogens with one attached hydrogen (secondary N) is 2. The third kappa shape index (κ3) is 3.07. The van der Waals surface area contributed by atoms with Gasteiger partial charge >= 0.3 is 6.03 Å². The lowest BCUT2D eigenvalue weighted by molar-refractivity contribution is 0.245. The lowest BCUT2D eigenvalue weighted by Gasteiger charge is -2.10. The van der Waals surface area contributed by atoms with Gasteiger partial charge < -0.3 is 15.2 Å². The first-order valence-corrected chi connectivity index (χ1v) is 5.58. The number of carbonyl (C=O) groups is 1. The van der Waals surface area contributed by atoms with Crippen LogP contribution in [-0.4, -0.2) is 16.2 Å². The van der Waals surface area contributed by atoms with Crippen molar-refractivity contribution in [3.63, 3.8) is 0 Å². The molecule has 0 aliphatic rings. The molecule has 1 heterocycles. The highest BCUT2D eigenvalue weighted by Crippen LogP contribution is 2.10. The fraction of sp³-hybridized carbons (Fsp3) is 0.250. The summed E-state index contributed by atoms with van der Waals surface area (Å²) in [5.74, 6) is 0.929. The van der Waals surface area contributed by atoms with Crippen molar-refractivity contribution < 1.29 is 9.32 Å². The van der Waals surface area contributed by atoms with Gasteiger partial charge in [-0.25, -0.2) is 4.79 Å². The summed E-state index contributed by atoms with van der Waals surface area (Å²) in [5, 5.41) is 9.09. The van der Waals surface area contributed by atoms with E-state index in [-0.39, 0.29) is 12.1 Å². The number of anilines is 1. The van der Waals surface area contributed by atoms with Gasteiger partial charge in [0.2, 0.25) is 5.89 Å². The van der Waals surface area contributed by atoms with Gasteiger partial charge in [-0.1, -0.05) is 23.4 Å². The van der Waals surface area contributed by atoms with E-state index in [9.17, 15) is 4.79 Å². The SMILES string of the molecule is Cc1noc([C@@H](C)NC(=O)Nc2ccccc2)n1. The average molecular weight is 246 g/mol. The van der Waals surface area contributed by atoms with Crippen molar-refractivity contribution in [2.45, 2.75) is 19.9 Å². The molecule has 2 N–H and O–H groups in total. The Morgan fingerprint density at radius 3 is 2.67 bits per heavy atom. The molecule has 0 bridgehead atoms. The van der Waals surface area contributed by atoms with Gasteiger partial charge in [-0.15, -0.1) is 0 Å². The summed E-state index contributed by atoms with van der Waals surface area (Å²) in [6, 6.07) is 8.54. The number of rotatable bonds is 3. The number of amides is 2. The second kappa shape index (κ2) is 5.31. The molecule has 18 heavy (non-hydrogen) atoms. The molecule has 6 nitrogen and oxygen atoms in total. The first-order valence-electron chi connectivity index (χ1n) is 5.58. The van der Waals surface area contributed by atoms with Crippen LogP contribution >= 0.6 is 0 Å². The van der Waals surface area contributed by atoms with Crippen molar-refractivity contribution >= 4 is 11.7 Å². The van der Waals surface area contributed by atoms with E-state index in [2.05, 4.69) is 20.8 Å². The van der Waals surface area contributed by atoms with Gasteiger partial charge in [0, 0.05) is 5.69 Å². The Morgan fingerprint density at radius 1 is 1.33 bits per heavy atom. The lowest BCUT2D eigenvalue weighted by Crippen LogP contribution is -2.31. The molecule has 1 aromatic heterocycles. The molecule has 0 saturated carbocycles. The van der Waals surface area contributed by atoms with Crippen molar-refractivity contribution in [2.75, 3.05) is 5.32 Å². The summed E-state index contributed by atoms with van der Waals surface area (Å²) in [6.45, 7) is 3.50. The molecule has 0 aliphatic carbocycles. The van der Waals surface area contributed by atoms with Gasteiger partial charge in [-0.3, -0.25) is 0 Å². The van der Waals surface area contributed by atoms with E-state index in [0.29, 0.717) is 11.7 Å². The number of aryl methyl sites for hydroxylation is 1. The summed E-state index contributed by atoms with van der Waals surface area (Å²) in [4.78, 5) is 15.7. The number of para-hydroxylation sites is 1. The molecule has 0 fully saturated rings. The van der Waals surface area contributed by atoms with Crippen LogP contribution in [0.15, 0.2) is 34.9 Å². The number of carbonyl (C=O) groups excluding carboxylic acids is 1. The van der Waals surface area contributed by atoms with Gasteiger partial charge in [0.05, 0.1) is 0 Å². The minimum Gasteiger partial charge on any atom is -0.337 e. The van der Waals surface area contributed by atoms with Gasteiger partial charge in [-0.2, -0.15) is 4.98 Å². The number of hydrogen-bond acceptors (Lipinski definition) is 4. The second-order valence-electron chi connectivity index (χ2n) is 3.87. The number of urea groups is 1. The fourth-order valence-electron chi connectivity index (χ4n) is 1.44. The predicted octanol–water partition coefficient (Wildman–Crippen LogP) is 2.26. The Labute approximate surface area is 104 Å². The van der Waals surface area contributed by atoms with Crippen LogP contribution in [0.2, 0.25) is 0 Å². The van der Waals surface area contributed by atoms with Crippen LogP contribution < -0.4 is 10.6 Å². The van der Waals surface area contributed by atoms with Crippen LogP contribution in [0.5, 0.6) is 0 Å². The summed E-state index contributed by atoms with van der Waals surface area (Å²) < 4.78 is 4.97. The van der Waals surface area contributed by atoms with Crippen LogP contribution in [0.25, 0.3) is 0 Å². The lowest BCUT2D eigenvalue weighted by atomic mass is 10.3. The molecular weight excluding hydrogens is 232 g/mol. The molecule has 0 saturated heterocycles. The van der Waals surface area contributed by atoms with Crippen molar-refractivity contribution in [3.8, 4) is 0 Å². The first kappa shape index (κ1) is 12.1. The number of hydrogen-bond donors (Lipinski definition) is 2. The Kier molecular flexibility index (Phi) is 3.57. The monoisotopic (exact) mass is 246 g/mol. The largest absolute Gasteiger partial charge is 0.337 e. The number of nitrogens with zero attached hydrogens (tertiary/aromatic N) is 2. The third-order valence-corrected chi connectivity index (χ3v) is 2.29. The Bertz CT molecular complexity index is 524. The van der Waals surface area contributed by atoms with E-state index < -0.39 is 0 Å². The molecule has 2 amide bonds. The van der Waals surface area contributed by atoms with Crippen LogP contribution in [-0.2, 0) is 0 Å². The smallest absolute Gasteiger partial charge is 0.319 e. The van der Waals surface area contributed by atoms with Crippen molar-refractivity contribution in [3.05, 3.63) is 42.0 Å². The highest BCUT2D eigenvalue weighted by atomic mass is 16.5. The Balaban J connectivity index is 1.92. The molecule has 94 valence electrons. The first-order chi connectivity index (χ1) is 8.65. The Morgan fingerprint density at radius 2 is 2.06 bits per heavy atom. The minimum absolute atomic E-state index is 0.315. The molecule has 2 aromatic rings. The highest BCUT2D eigenvalue weighted by Gasteiger charge is 2.15. The van der Waals surface area contributed by atoms with E-state index >= 15 is 0 Å². The van der Waals surface area contributed by atoms with E-state index in [1.807, 2.05) is 18.2 Å². The third-order valence-electron chi connectivity index (χ3n) is 2.29. The predicted molar refractivity (Wildman–Crippen MR) is 66.0 cm³/mol. The fourth-order valence-corrected chi connectivity index (χ4v) is 1.44. The maximum atomic E-state index is 11.7. The molecule has 2 rings (SSSR count). The molecule has 0 aliphatic heterocycles. The summed E-state index contributed by atoms with van der Waals surface area (Å²) in [5.41, 5.74) is 0.726. The minimum atomic E-state index is -0.338. The number of benzene rings is 1. The van der Waals surface area contributed by atoms with Gasteiger partial charge in [0.25, 0.3) is 0 Å². The van der Waals surface area contributed by atoms with Crippen molar-refractivity contribution in [1.29, 1.82) is 0 Å². The molecule has 0 radical (unpaired) electrons. The van der Waals surface area contributed by atoms with Crippen LogP contribution in [0, 0.1) is 6.92 Å². The average Bonchev–Trinajstić information content (AvgIpc) is 2.77. The maximum absolute atomic E-state index is 11.7. The zero-order chi connectivity index (χ0) is 13.0. The highest BCUT2D eigenvalue weighted by molar-refractivity contribution is 5.89. The molecule has 0 unspecified atom stereocenters. The van der Waals surface area contributed by atoms with Crippen LogP contribution in [0.4, 0.5) is 10.5 Å². The van der Waals surface area contributed by atoms with E-state index in [1.165, 1.54) is 0 Å². The van der Waals surface area contributed by atoms with Crippen molar-refractivity contribution in [2.24, 2.45) is 0 Å². The normalized spacial score (nSPS) is 11.9. The van der Waals surface area contributed by atoms with Gasteiger partial charge in [-0.05, 0) is 26.0 Å². The Hall–Kier alpha value is -2.37. The zero-order valence-corrected chi connectivity index (χ0v) is 10.2. The molecule has 6 heteroatoms. The van der Waals surface area contributed by atoms with E-state index in [0.717, 1.165) is 5.69 Å². The maximum Gasteiger partial charge on any atom is 0.319 e. The topological polar surface area (TPSA) is 80.0 Å². The van der Waals surface area contributed by atoms with Crippen molar-refractivity contribution in [1.82, 2.24) is 15.5 Å². The molecular formula is C12H14N4O2. The van der Waals surface area contributed by atoms with Gasteiger partial charge in [0.15, 0.2) is 5.82 Å². The standard InChI is InChI=1S/C12H14N4O2/c1-8(11-14-9(2)16-18-11)13-12(17)15-10-6-4-3-5-7-10/h3-8H,1-2H3,(H2,13,15,17)/t8-/m1/s1. The molecule has 1 atom stereocenters. The van der Waals surface area contributed by atoms with Crippen LogP contribution in [0.3, 0.4) is 0 Å².